The SMILES string of the molecule is COC(=O)CC(Cc1ccc(B2OC(C)(C)C(C)(C)O2)cc1)NC(=O)c1ccc(C(C)(C)C)cc1. The van der Waals surface area contributed by atoms with Crippen molar-refractivity contribution in [1.29, 1.82) is 0 Å². The summed E-state index contributed by atoms with van der Waals surface area (Å²) < 4.78 is 17.1. The highest BCUT2D eigenvalue weighted by atomic mass is 16.7. The molecule has 1 saturated heterocycles. The maximum atomic E-state index is 12.9. The largest absolute Gasteiger partial charge is 0.494 e. The highest BCUT2D eigenvalue weighted by Gasteiger charge is 2.51. The summed E-state index contributed by atoms with van der Waals surface area (Å²) in [6.07, 6.45) is 0.575. The Hall–Kier alpha value is -2.64. The molecule has 0 saturated carbocycles. The molecule has 0 radical (unpaired) electrons. The molecule has 1 atom stereocenters. The number of hydrogen-bond acceptors (Lipinski definition) is 5. The Bertz CT molecular complexity index is 1020. The van der Waals surface area contributed by atoms with Crippen molar-refractivity contribution >= 4 is 24.5 Å². The molecule has 1 unspecified atom stereocenters. The summed E-state index contributed by atoms with van der Waals surface area (Å²) in [5, 5.41) is 3.01. The molecular formula is C28H38BNO5. The van der Waals surface area contributed by atoms with Crippen LogP contribution in [-0.2, 0) is 30.7 Å². The number of hydrogen-bond donors (Lipinski definition) is 1. The van der Waals surface area contributed by atoms with E-state index in [1.807, 2.05) is 76.2 Å². The number of esters is 1. The average Bonchev–Trinajstić information content (AvgIpc) is 3.00. The smallest absolute Gasteiger partial charge is 0.469 e. The predicted octanol–water partition coefficient (Wildman–Crippen LogP) is 4.19. The van der Waals surface area contributed by atoms with Gasteiger partial charge in [-0.05, 0) is 68.3 Å². The number of methoxy groups -OCH3 is 1. The fourth-order valence-corrected chi connectivity index (χ4v) is 3.92. The van der Waals surface area contributed by atoms with Crippen molar-refractivity contribution in [1.82, 2.24) is 5.32 Å². The van der Waals surface area contributed by atoms with Gasteiger partial charge in [-0.25, -0.2) is 0 Å². The molecule has 0 spiro atoms. The van der Waals surface area contributed by atoms with E-state index < -0.39 is 24.4 Å². The third-order valence-electron chi connectivity index (χ3n) is 6.98. The first-order chi connectivity index (χ1) is 16.2. The lowest BCUT2D eigenvalue weighted by Gasteiger charge is -2.32. The maximum absolute atomic E-state index is 12.9. The number of carbonyl (C=O) groups excluding carboxylic acids is 2. The quantitative estimate of drug-likeness (QED) is 0.476. The lowest BCUT2D eigenvalue weighted by Crippen LogP contribution is -2.41. The first-order valence-electron chi connectivity index (χ1n) is 12.1. The maximum Gasteiger partial charge on any atom is 0.494 e. The molecule has 1 aliphatic rings. The van der Waals surface area contributed by atoms with Gasteiger partial charge in [-0.15, -0.1) is 0 Å². The number of nitrogens with one attached hydrogen (secondary N) is 1. The van der Waals surface area contributed by atoms with Gasteiger partial charge in [0.1, 0.15) is 0 Å². The van der Waals surface area contributed by atoms with Gasteiger partial charge < -0.3 is 19.4 Å². The number of benzene rings is 2. The molecular weight excluding hydrogens is 441 g/mol. The van der Waals surface area contributed by atoms with Gasteiger partial charge in [0.05, 0.1) is 24.7 Å². The summed E-state index contributed by atoms with van der Waals surface area (Å²) in [4.78, 5) is 25.0. The van der Waals surface area contributed by atoms with Gasteiger partial charge in [0, 0.05) is 11.6 Å². The number of rotatable bonds is 7. The Kier molecular flexibility index (Phi) is 7.82. The summed E-state index contributed by atoms with van der Waals surface area (Å²) >= 11 is 0. The van der Waals surface area contributed by atoms with Crippen molar-refractivity contribution in [2.24, 2.45) is 0 Å². The summed E-state index contributed by atoms with van der Waals surface area (Å²) in [5.74, 6) is -0.583. The van der Waals surface area contributed by atoms with Crippen LogP contribution in [0.3, 0.4) is 0 Å². The predicted molar refractivity (Wildman–Crippen MR) is 139 cm³/mol. The zero-order valence-corrected chi connectivity index (χ0v) is 22.2. The second-order valence-electron chi connectivity index (χ2n) is 11.3. The van der Waals surface area contributed by atoms with E-state index in [9.17, 15) is 9.59 Å². The summed E-state index contributed by atoms with van der Waals surface area (Å²) in [7, 11) is 0.918. The molecule has 0 aromatic heterocycles. The fourth-order valence-electron chi connectivity index (χ4n) is 3.92. The third-order valence-corrected chi connectivity index (χ3v) is 6.98. The van der Waals surface area contributed by atoms with E-state index in [0.717, 1.165) is 16.6 Å². The molecule has 6 nitrogen and oxygen atoms in total. The van der Waals surface area contributed by atoms with E-state index in [2.05, 4.69) is 26.1 Å². The molecule has 7 heteroatoms. The lowest BCUT2D eigenvalue weighted by molar-refractivity contribution is -0.141. The molecule has 1 fully saturated rings. The second kappa shape index (κ2) is 10.2. The van der Waals surface area contributed by atoms with E-state index in [-0.39, 0.29) is 23.7 Å². The zero-order chi connectivity index (χ0) is 26.0. The Morgan fingerprint density at radius 1 is 0.943 bits per heavy atom. The van der Waals surface area contributed by atoms with Gasteiger partial charge >= 0.3 is 13.1 Å². The van der Waals surface area contributed by atoms with Gasteiger partial charge in [-0.1, -0.05) is 57.2 Å². The van der Waals surface area contributed by atoms with E-state index in [0.29, 0.717) is 12.0 Å². The zero-order valence-electron chi connectivity index (χ0n) is 22.2. The Morgan fingerprint density at radius 2 is 1.49 bits per heavy atom. The summed E-state index contributed by atoms with van der Waals surface area (Å²) in [6.45, 7) is 14.5. The van der Waals surface area contributed by atoms with Crippen molar-refractivity contribution in [3.05, 3.63) is 65.2 Å². The van der Waals surface area contributed by atoms with Gasteiger partial charge in [-0.2, -0.15) is 0 Å². The van der Waals surface area contributed by atoms with Crippen LogP contribution in [0.1, 0.15) is 76.4 Å². The van der Waals surface area contributed by atoms with Crippen molar-refractivity contribution in [3.8, 4) is 0 Å². The molecule has 1 aliphatic heterocycles. The van der Waals surface area contributed by atoms with Crippen molar-refractivity contribution < 1.29 is 23.6 Å². The first-order valence-corrected chi connectivity index (χ1v) is 12.1. The number of ether oxygens (including phenoxy) is 1. The highest BCUT2D eigenvalue weighted by Crippen LogP contribution is 2.36. The molecule has 35 heavy (non-hydrogen) atoms. The van der Waals surface area contributed by atoms with Crippen LogP contribution in [0.2, 0.25) is 0 Å². The Balaban J connectivity index is 1.70. The first kappa shape index (κ1) is 27.0. The van der Waals surface area contributed by atoms with Gasteiger partial charge in [-0.3, -0.25) is 9.59 Å². The lowest BCUT2D eigenvalue weighted by atomic mass is 9.78. The van der Waals surface area contributed by atoms with Crippen LogP contribution in [0.5, 0.6) is 0 Å². The molecule has 2 aromatic rings. The van der Waals surface area contributed by atoms with E-state index in [1.165, 1.54) is 7.11 Å². The van der Waals surface area contributed by atoms with E-state index in [1.54, 1.807) is 0 Å². The standard InChI is InChI=1S/C28H38BNO5/c1-26(2,3)21-13-11-20(12-14-21)25(32)30-23(18-24(31)33-8)17-19-9-15-22(16-10-19)29-34-27(4,5)28(6,7)35-29/h9-16,23H,17-18H2,1-8H3,(H,30,32). The Morgan fingerprint density at radius 3 is 1.97 bits per heavy atom. The number of amides is 1. The van der Waals surface area contributed by atoms with E-state index >= 15 is 0 Å². The molecule has 2 aromatic carbocycles. The highest BCUT2D eigenvalue weighted by molar-refractivity contribution is 6.62. The van der Waals surface area contributed by atoms with Gasteiger partial charge in [0.15, 0.2) is 0 Å². The van der Waals surface area contributed by atoms with Crippen LogP contribution in [0.4, 0.5) is 0 Å². The normalized spacial score (nSPS) is 17.7. The van der Waals surface area contributed by atoms with Crippen molar-refractivity contribution in [3.63, 3.8) is 0 Å². The molecule has 1 heterocycles. The average molecular weight is 479 g/mol. The van der Waals surface area contributed by atoms with E-state index in [4.69, 9.17) is 14.0 Å². The van der Waals surface area contributed by atoms with Crippen LogP contribution < -0.4 is 10.8 Å². The Labute approximate surface area is 209 Å². The van der Waals surface area contributed by atoms with Crippen LogP contribution in [0, 0.1) is 0 Å². The molecule has 1 N–H and O–H groups in total. The molecule has 0 bridgehead atoms. The molecule has 3 rings (SSSR count). The number of carbonyl (C=O) groups is 2. The van der Waals surface area contributed by atoms with Crippen molar-refractivity contribution in [2.75, 3.05) is 7.11 Å². The summed E-state index contributed by atoms with van der Waals surface area (Å²) in [5.41, 5.74) is 2.83. The van der Waals surface area contributed by atoms with Crippen LogP contribution >= 0.6 is 0 Å². The fraction of sp³-hybridized carbons (Fsp3) is 0.500. The van der Waals surface area contributed by atoms with Crippen molar-refractivity contribution in [2.45, 2.75) is 84.0 Å². The molecule has 188 valence electrons. The monoisotopic (exact) mass is 479 g/mol. The minimum Gasteiger partial charge on any atom is -0.469 e. The van der Waals surface area contributed by atoms with Gasteiger partial charge in [0.25, 0.3) is 5.91 Å². The minimum atomic E-state index is -0.435. The van der Waals surface area contributed by atoms with Crippen LogP contribution in [0.15, 0.2) is 48.5 Å². The van der Waals surface area contributed by atoms with Crippen LogP contribution in [0.25, 0.3) is 0 Å². The molecule has 1 amide bonds. The topological polar surface area (TPSA) is 73.9 Å². The second-order valence-corrected chi connectivity index (χ2v) is 11.3. The molecule has 0 aliphatic carbocycles. The summed E-state index contributed by atoms with van der Waals surface area (Å²) in [6, 6.07) is 15.1. The van der Waals surface area contributed by atoms with Gasteiger partial charge in [0.2, 0.25) is 0 Å². The van der Waals surface area contributed by atoms with Crippen LogP contribution in [-0.4, -0.2) is 43.3 Å². The minimum absolute atomic E-state index is 0.00860. The third kappa shape index (κ3) is 6.53.